The van der Waals surface area contributed by atoms with E-state index in [2.05, 4.69) is 4.98 Å². The third-order valence-corrected chi connectivity index (χ3v) is 3.20. The Kier molecular flexibility index (Phi) is 2.71. The Balaban J connectivity index is 2.08. The van der Waals surface area contributed by atoms with Gasteiger partial charge in [-0.3, -0.25) is 4.79 Å². The van der Waals surface area contributed by atoms with Crippen molar-refractivity contribution in [3.8, 4) is 0 Å². The van der Waals surface area contributed by atoms with E-state index in [-0.39, 0.29) is 5.91 Å². The lowest BCUT2D eigenvalue weighted by atomic mass is 10.0. The number of carbonyl (C=O) groups excluding carboxylic acids is 1. The second kappa shape index (κ2) is 3.90. The Morgan fingerprint density at radius 2 is 2.44 bits per heavy atom. The molecule has 1 N–H and O–H groups in total. The molecule has 1 fully saturated rings. The molecule has 88 valence electrons. The minimum absolute atomic E-state index is 0.0926. The van der Waals surface area contributed by atoms with Gasteiger partial charge in [0.15, 0.2) is 0 Å². The van der Waals surface area contributed by atoms with Crippen LogP contribution in [-0.4, -0.2) is 44.2 Å². The van der Waals surface area contributed by atoms with Crippen molar-refractivity contribution >= 4 is 5.91 Å². The highest BCUT2D eigenvalue weighted by molar-refractivity contribution is 5.92. The van der Waals surface area contributed by atoms with Crippen molar-refractivity contribution in [2.45, 2.75) is 25.4 Å². The van der Waals surface area contributed by atoms with Gasteiger partial charge < -0.3 is 14.6 Å². The van der Waals surface area contributed by atoms with Gasteiger partial charge in [0.1, 0.15) is 5.69 Å². The van der Waals surface area contributed by atoms with Crippen LogP contribution >= 0.6 is 0 Å². The van der Waals surface area contributed by atoms with Gasteiger partial charge in [-0.15, -0.1) is 0 Å². The topological polar surface area (TPSA) is 58.4 Å². The highest BCUT2D eigenvalue weighted by Gasteiger charge is 2.37. The molecule has 1 atom stereocenters. The first-order valence-electron chi connectivity index (χ1n) is 5.54. The van der Waals surface area contributed by atoms with Crippen molar-refractivity contribution in [1.29, 1.82) is 0 Å². The second-order valence-corrected chi connectivity index (χ2v) is 4.48. The molecule has 2 heterocycles. The quantitative estimate of drug-likeness (QED) is 0.790. The smallest absolute Gasteiger partial charge is 0.274 e. The molecule has 1 aliphatic heterocycles. The van der Waals surface area contributed by atoms with Crippen molar-refractivity contribution in [3.05, 3.63) is 18.2 Å². The Morgan fingerprint density at radius 1 is 1.69 bits per heavy atom. The number of likely N-dealkylation sites (tertiary alicyclic amines) is 1. The van der Waals surface area contributed by atoms with E-state index in [1.807, 2.05) is 14.0 Å². The van der Waals surface area contributed by atoms with Crippen LogP contribution in [0.4, 0.5) is 0 Å². The van der Waals surface area contributed by atoms with Gasteiger partial charge in [-0.05, 0) is 12.8 Å². The van der Waals surface area contributed by atoms with Crippen molar-refractivity contribution in [3.63, 3.8) is 0 Å². The largest absolute Gasteiger partial charge is 0.388 e. The first-order chi connectivity index (χ1) is 7.54. The van der Waals surface area contributed by atoms with E-state index in [1.165, 1.54) is 0 Å². The van der Waals surface area contributed by atoms with Crippen LogP contribution in [0.2, 0.25) is 0 Å². The molecule has 1 aromatic rings. The molecular weight excluding hydrogens is 206 g/mol. The number of hydrogen-bond donors (Lipinski definition) is 1. The summed E-state index contributed by atoms with van der Waals surface area (Å²) >= 11 is 0. The zero-order valence-electron chi connectivity index (χ0n) is 9.68. The predicted molar refractivity (Wildman–Crippen MR) is 59.0 cm³/mol. The molecule has 0 saturated carbocycles. The van der Waals surface area contributed by atoms with Crippen molar-refractivity contribution in [2.75, 3.05) is 13.1 Å². The van der Waals surface area contributed by atoms with Crippen LogP contribution in [0.5, 0.6) is 0 Å². The Bertz CT molecular complexity index is 402. The second-order valence-electron chi connectivity index (χ2n) is 4.48. The van der Waals surface area contributed by atoms with E-state index in [1.54, 1.807) is 22.0 Å². The number of aryl methyl sites for hydroxylation is 1. The molecule has 0 bridgehead atoms. The third-order valence-electron chi connectivity index (χ3n) is 3.20. The monoisotopic (exact) mass is 223 g/mol. The molecule has 0 aromatic carbocycles. The van der Waals surface area contributed by atoms with E-state index in [0.29, 0.717) is 31.6 Å². The van der Waals surface area contributed by atoms with E-state index in [9.17, 15) is 9.90 Å². The normalized spacial score (nSPS) is 25.1. The molecule has 1 saturated heterocycles. The zero-order chi connectivity index (χ0) is 11.8. The Morgan fingerprint density at radius 3 is 2.94 bits per heavy atom. The summed E-state index contributed by atoms with van der Waals surface area (Å²) in [6.07, 6.45) is 4.64. The van der Waals surface area contributed by atoms with Crippen molar-refractivity contribution < 1.29 is 9.90 Å². The minimum Gasteiger partial charge on any atom is -0.388 e. The van der Waals surface area contributed by atoms with E-state index in [0.717, 1.165) is 0 Å². The number of imidazole rings is 1. The van der Waals surface area contributed by atoms with Gasteiger partial charge in [0.25, 0.3) is 5.91 Å². The molecule has 16 heavy (non-hydrogen) atoms. The van der Waals surface area contributed by atoms with Crippen molar-refractivity contribution in [2.24, 2.45) is 7.05 Å². The summed E-state index contributed by atoms with van der Waals surface area (Å²) in [4.78, 5) is 17.7. The number of hydrogen-bond acceptors (Lipinski definition) is 3. The SMILES string of the molecule is CCC1(O)CCN(C(=O)c2cn(C)cn2)C1. The number of aromatic nitrogens is 2. The summed E-state index contributed by atoms with van der Waals surface area (Å²) < 4.78 is 1.75. The first-order valence-corrected chi connectivity index (χ1v) is 5.54. The molecule has 5 nitrogen and oxygen atoms in total. The van der Waals surface area contributed by atoms with Gasteiger partial charge in [-0.2, -0.15) is 0 Å². The fourth-order valence-corrected chi connectivity index (χ4v) is 2.00. The molecule has 0 radical (unpaired) electrons. The molecule has 0 spiro atoms. The van der Waals surface area contributed by atoms with Crippen LogP contribution in [0, 0.1) is 0 Å². The summed E-state index contributed by atoms with van der Waals surface area (Å²) in [7, 11) is 1.83. The van der Waals surface area contributed by atoms with Gasteiger partial charge in [-0.25, -0.2) is 4.98 Å². The van der Waals surface area contributed by atoms with Crippen LogP contribution in [-0.2, 0) is 7.05 Å². The summed E-state index contributed by atoms with van der Waals surface area (Å²) in [6.45, 7) is 2.97. The molecule has 2 rings (SSSR count). The minimum atomic E-state index is -0.704. The zero-order valence-corrected chi connectivity index (χ0v) is 9.68. The van der Waals surface area contributed by atoms with E-state index < -0.39 is 5.60 Å². The summed E-state index contributed by atoms with van der Waals surface area (Å²) in [5.41, 5.74) is -0.257. The Hall–Kier alpha value is -1.36. The van der Waals surface area contributed by atoms with Gasteiger partial charge in [0.05, 0.1) is 11.9 Å². The van der Waals surface area contributed by atoms with Gasteiger partial charge in [-0.1, -0.05) is 6.92 Å². The molecule has 5 heteroatoms. The fourth-order valence-electron chi connectivity index (χ4n) is 2.00. The number of aliphatic hydroxyl groups is 1. The number of carbonyl (C=O) groups is 1. The number of amides is 1. The maximum absolute atomic E-state index is 12.0. The molecule has 0 aliphatic carbocycles. The first kappa shape index (κ1) is 11.1. The lowest BCUT2D eigenvalue weighted by molar-refractivity contribution is 0.0412. The number of nitrogens with zero attached hydrogens (tertiary/aromatic N) is 3. The van der Waals surface area contributed by atoms with E-state index in [4.69, 9.17) is 0 Å². The van der Waals surface area contributed by atoms with Crippen LogP contribution in [0.1, 0.15) is 30.3 Å². The highest BCUT2D eigenvalue weighted by atomic mass is 16.3. The number of β-amino-alcohol motifs (C(OH)–C–C–N with tert-alkyl or cyclic N) is 1. The van der Waals surface area contributed by atoms with E-state index >= 15 is 0 Å². The predicted octanol–water partition coefficient (Wildman–Crippen LogP) is 0.407. The van der Waals surface area contributed by atoms with Crippen LogP contribution < -0.4 is 0 Å². The fraction of sp³-hybridized carbons (Fsp3) is 0.636. The van der Waals surface area contributed by atoms with Crippen LogP contribution in [0.25, 0.3) is 0 Å². The lowest BCUT2D eigenvalue weighted by Gasteiger charge is -2.21. The molecular formula is C11H17N3O2. The summed E-state index contributed by atoms with van der Waals surface area (Å²) in [5, 5.41) is 10.1. The average Bonchev–Trinajstić information content (AvgIpc) is 2.85. The molecule has 1 aliphatic rings. The summed E-state index contributed by atoms with van der Waals surface area (Å²) in [5.74, 6) is -0.0926. The van der Waals surface area contributed by atoms with Gasteiger partial charge >= 0.3 is 0 Å². The highest BCUT2D eigenvalue weighted by Crippen LogP contribution is 2.25. The Labute approximate surface area is 94.7 Å². The van der Waals surface area contributed by atoms with Crippen LogP contribution in [0.15, 0.2) is 12.5 Å². The standard InChI is InChI=1S/C11H17N3O2/c1-3-11(16)4-5-14(7-11)10(15)9-6-13(2)8-12-9/h6,8,16H,3-5,7H2,1-2H3. The van der Waals surface area contributed by atoms with Crippen molar-refractivity contribution in [1.82, 2.24) is 14.5 Å². The van der Waals surface area contributed by atoms with Gasteiger partial charge in [0.2, 0.25) is 0 Å². The average molecular weight is 223 g/mol. The molecule has 1 unspecified atom stereocenters. The molecule has 1 amide bonds. The van der Waals surface area contributed by atoms with Crippen LogP contribution in [0.3, 0.4) is 0 Å². The summed E-state index contributed by atoms with van der Waals surface area (Å²) in [6, 6.07) is 0. The van der Waals surface area contributed by atoms with Gasteiger partial charge in [0, 0.05) is 26.3 Å². The third kappa shape index (κ3) is 1.95. The maximum atomic E-state index is 12.0. The maximum Gasteiger partial charge on any atom is 0.274 e. The lowest BCUT2D eigenvalue weighted by Crippen LogP contribution is -2.35. The number of rotatable bonds is 2. The molecule has 1 aromatic heterocycles.